The lowest BCUT2D eigenvalue weighted by atomic mass is 10.0. The van der Waals surface area contributed by atoms with Gasteiger partial charge in [-0.2, -0.15) is 0 Å². The molecule has 1 amide bonds. The summed E-state index contributed by atoms with van der Waals surface area (Å²) in [5, 5.41) is 17.9. The van der Waals surface area contributed by atoms with Gasteiger partial charge in [-0.15, -0.1) is 11.3 Å². The molecule has 2 aromatic carbocycles. The van der Waals surface area contributed by atoms with Gasteiger partial charge in [0.05, 0.1) is 5.69 Å². The van der Waals surface area contributed by atoms with Crippen molar-refractivity contribution in [1.29, 1.82) is 0 Å². The van der Waals surface area contributed by atoms with Gasteiger partial charge in [0.25, 0.3) is 16.8 Å². The molecule has 3 rings (SSSR count). The van der Waals surface area contributed by atoms with Crippen LogP contribution in [0.2, 0.25) is 0 Å². The highest BCUT2D eigenvalue weighted by Gasteiger charge is 2.26. The second kappa shape index (κ2) is 8.48. The Morgan fingerprint density at radius 1 is 1.14 bits per heavy atom. The number of hydrogen-bond donors (Lipinski definition) is 3. The number of thiophene rings is 1. The van der Waals surface area contributed by atoms with Crippen LogP contribution in [0.5, 0.6) is 5.75 Å². The second-order valence-electron chi connectivity index (χ2n) is 7.00. The molecule has 7 nitrogen and oxygen atoms in total. The summed E-state index contributed by atoms with van der Waals surface area (Å²) in [6, 6.07) is 9.86. The number of nitrogens with zero attached hydrogens (tertiary/aromatic N) is 1. The van der Waals surface area contributed by atoms with E-state index in [1.807, 2.05) is 37.3 Å². The number of aromatic hydroxyl groups is 1. The Morgan fingerprint density at radius 3 is 2.41 bits per heavy atom. The molecule has 0 spiro atoms. The molecule has 0 aliphatic carbocycles. The van der Waals surface area contributed by atoms with Gasteiger partial charge >= 0.3 is 0 Å². The van der Waals surface area contributed by atoms with E-state index in [0.717, 1.165) is 23.3 Å². The van der Waals surface area contributed by atoms with Crippen LogP contribution in [0.1, 0.15) is 28.6 Å². The summed E-state index contributed by atoms with van der Waals surface area (Å²) in [6.45, 7) is 2.00. The summed E-state index contributed by atoms with van der Waals surface area (Å²) in [5.74, 6) is -0.568. The first-order valence-corrected chi connectivity index (χ1v) is 10.1. The smallest absolute Gasteiger partial charge is 0.267 e. The normalized spacial score (nSPS) is 12.0. The molecule has 0 saturated heterocycles. The predicted molar refractivity (Wildman–Crippen MR) is 116 cm³/mol. The Labute approximate surface area is 172 Å². The number of carbonyl (C=O) groups excluding carboxylic acids is 1. The minimum Gasteiger partial charge on any atom is -0.504 e. The van der Waals surface area contributed by atoms with Crippen LogP contribution in [0.15, 0.2) is 45.3 Å². The highest BCUT2D eigenvalue weighted by molar-refractivity contribution is 7.13. The summed E-state index contributed by atoms with van der Waals surface area (Å²) in [5.41, 5.74) is 0.447. The van der Waals surface area contributed by atoms with E-state index in [0.29, 0.717) is 6.42 Å². The van der Waals surface area contributed by atoms with Crippen molar-refractivity contribution in [1.82, 2.24) is 4.90 Å². The van der Waals surface area contributed by atoms with Gasteiger partial charge in [0.2, 0.25) is 0 Å². The highest BCUT2D eigenvalue weighted by atomic mass is 32.1. The third kappa shape index (κ3) is 4.17. The summed E-state index contributed by atoms with van der Waals surface area (Å²) in [7, 11) is 3.18. The van der Waals surface area contributed by atoms with E-state index in [1.165, 1.54) is 4.90 Å². The van der Waals surface area contributed by atoms with E-state index in [2.05, 4.69) is 10.6 Å². The molecule has 1 unspecified atom stereocenters. The number of amides is 1. The van der Waals surface area contributed by atoms with Crippen molar-refractivity contribution < 1.29 is 9.90 Å². The maximum Gasteiger partial charge on any atom is 0.267 e. The number of rotatable bonds is 8. The number of benzene rings is 1. The predicted octanol–water partition coefficient (Wildman–Crippen LogP) is 2.93. The average Bonchev–Trinajstić information content (AvgIpc) is 3.09. The summed E-state index contributed by atoms with van der Waals surface area (Å²) >= 11 is 1.07. The van der Waals surface area contributed by atoms with E-state index < -0.39 is 10.9 Å². The molecule has 29 heavy (non-hydrogen) atoms. The van der Waals surface area contributed by atoms with Crippen molar-refractivity contribution in [3.05, 3.63) is 66.6 Å². The van der Waals surface area contributed by atoms with Gasteiger partial charge in [0.1, 0.15) is 16.3 Å². The van der Waals surface area contributed by atoms with Crippen LogP contribution in [-0.2, 0) is 6.42 Å². The molecule has 0 radical (unpaired) electrons. The second-order valence-corrected chi connectivity index (χ2v) is 7.88. The quantitative estimate of drug-likeness (QED) is 0.491. The Hall–Kier alpha value is -3.13. The number of nitrogens with one attached hydrogen (secondary N) is 2. The minimum absolute atomic E-state index is 0.0248. The Balaban J connectivity index is 1.79. The molecule has 0 saturated carbocycles. The van der Waals surface area contributed by atoms with Crippen LogP contribution < -0.4 is 21.5 Å². The molecular formula is C21H23N3O4S. The fourth-order valence-corrected chi connectivity index (χ4v) is 3.89. The maximum absolute atomic E-state index is 12.1. The third-order valence-corrected chi connectivity index (χ3v) is 5.66. The number of anilines is 3. The molecule has 0 bridgehead atoms. The van der Waals surface area contributed by atoms with Crippen molar-refractivity contribution in [3.63, 3.8) is 0 Å². The van der Waals surface area contributed by atoms with Gasteiger partial charge in [-0.05, 0) is 18.4 Å². The average molecular weight is 413 g/mol. The zero-order chi connectivity index (χ0) is 21.1. The van der Waals surface area contributed by atoms with Gasteiger partial charge in [-0.25, -0.2) is 0 Å². The van der Waals surface area contributed by atoms with Gasteiger partial charge in [-0.3, -0.25) is 14.4 Å². The molecule has 1 heterocycles. The van der Waals surface area contributed by atoms with E-state index in [-0.39, 0.29) is 39.6 Å². The molecule has 152 valence electrons. The van der Waals surface area contributed by atoms with Crippen LogP contribution in [-0.4, -0.2) is 36.1 Å². The first kappa shape index (κ1) is 20.6. The zero-order valence-corrected chi connectivity index (χ0v) is 17.3. The molecular weight excluding hydrogens is 390 g/mol. The Bertz CT molecular complexity index is 1080. The molecule has 1 aromatic heterocycles. The monoisotopic (exact) mass is 413 g/mol. The Kier molecular flexibility index (Phi) is 6.03. The van der Waals surface area contributed by atoms with Gasteiger partial charge in [-0.1, -0.05) is 37.3 Å². The summed E-state index contributed by atoms with van der Waals surface area (Å²) in [6.07, 6.45) is 1.47. The van der Waals surface area contributed by atoms with Gasteiger partial charge in [0, 0.05) is 25.5 Å². The summed E-state index contributed by atoms with van der Waals surface area (Å²) < 4.78 is 0. The fraction of sp³-hybridized carbons (Fsp3) is 0.286. The van der Waals surface area contributed by atoms with Crippen LogP contribution >= 0.6 is 11.3 Å². The molecule has 0 fully saturated rings. The molecule has 3 N–H and O–H groups in total. The van der Waals surface area contributed by atoms with Crippen molar-refractivity contribution >= 4 is 34.3 Å². The van der Waals surface area contributed by atoms with Crippen molar-refractivity contribution in [2.24, 2.45) is 0 Å². The maximum atomic E-state index is 12.1. The Morgan fingerprint density at radius 2 is 1.79 bits per heavy atom. The minimum atomic E-state index is -0.645. The first-order valence-electron chi connectivity index (χ1n) is 9.26. The SMILES string of the molecule is CCC(Cc1ccccc1)Nc1c(Nc2csc(C(=O)N(C)C)c2O)c(=O)c1=O. The number of hydrogen-bond acceptors (Lipinski definition) is 7. The molecule has 0 aliphatic rings. The molecule has 8 heteroatoms. The van der Waals surface area contributed by atoms with E-state index in [4.69, 9.17) is 0 Å². The topological polar surface area (TPSA) is 98.7 Å². The fourth-order valence-electron chi connectivity index (χ4n) is 2.98. The van der Waals surface area contributed by atoms with Crippen LogP contribution in [0.4, 0.5) is 17.1 Å². The van der Waals surface area contributed by atoms with Gasteiger partial charge in [0.15, 0.2) is 5.75 Å². The van der Waals surface area contributed by atoms with Crippen molar-refractivity contribution in [2.75, 3.05) is 24.7 Å². The lowest BCUT2D eigenvalue weighted by molar-refractivity contribution is 0.0829. The van der Waals surface area contributed by atoms with E-state index in [1.54, 1.807) is 19.5 Å². The zero-order valence-electron chi connectivity index (χ0n) is 16.5. The first-order chi connectivity index (χ1) is 13.8. The lowest BCUT2D eigenvalue weighted by Crippen LogP contribution is -2.39. The molecule has 3 aromatic rings. The van der Waals surface area contributed by atoms with Crippen molar-refractivity contribution in [3.8, 4) is 5.75 Å². The highest BCUT2D eigenvalue weighted by Crippen LogP contribution is 2.37. The molecule has 0 aliphatic heterocycles. The van der Waals surface area contributed by atoms with Gasteiger partial charge < -0.3 is 20.6 Å². The van der Waals surface area contributed by atoms with E-state index in [9.17, 15) is 19.5 Å². The van der Waals surface area contributed by atoms with Crippen molar-refractivity contribution in [2.45, 2.75) is 25.8 Å². The van der Waals surface area contributed by atoms with Crippen LogP contribution in [0, 0.1) is 0 Å². The van der Waals surface area contributed by atoms with Crippen LogP contribution in [0.25, 0.3) is 0 Å². The van der Waals surface area contributed by atoms with E-state index >= 15 is 0 Å². The third-order valence-electron chi connectivity index (χ3n) is 4.70. The molecule has 1 atom stereocenters. The lowest BCUT2D eigenvalue weighted by Gasteiger charge is -2.21. The standard InChI is InChI=1S/C21H23N3O4S/c1-4-13(10-12-8-6-5-7-9-12)22-15-16(19(27)18(15)26)23-14-11-29-20(17(14)25)21(28)24(2)3/h5-9,11,13,22-23,25H,4,10H2,1-3H3. The summed E-state index contributed by atoms with van der Waals surface area (Å²) in [4.78, 5) is 37.8. The number of carbonyl (C=O) groups is 1. The van der Waals surface area contributed by atoms with Crippen LogP contribution in [0.3, 0.4) is 0 Å². The largest absolute Gasteiger partial charge is 0.504 e.